The summed E-state index contributed by atoms with van der Waals surface area (Å²) in [5, 5.41) is 17.0. The topological polar surface area (TPSA) is 127 Å². The van der Waals surface area contributed by atoms with Gasteiger partial charge < -0.3 is 5.32 Å². The first kappa shape index (κ1) is 19.0. The molecule has 10 heteroatoms. The number of hydrogen-bond acceptors (Lipinski definition) is 6. The van der Waals surface area contributed by atoms with Crippen molar-refractivity contribution >= 4 is 40.6 Å². The van der Waals surface area contributed by atoms with Gasteiger partial charge in [0.2, 0.25) is 5.91 Å². The van der Waals surface area contributed by atoms with Crippen molar-refractivity contribution in [3.8, 4) is 0 Å². The summed E-state index contributed by atoms with van der Waals surface area (Å²) < 4.78 is 0. The van der Waals surface area contributed by atoms with Crippen LogP contribution in [-0.2, 0) is 4.79 Å². The molecule has 0 aliphatic rings. The van der Waals surface area contributed by atoms with Crippen molar-refractivity contribution in [2.24, 2.45) is 5.10 Å². The number of nitrogens with zero attached hydrogens (tertiary/aromatic N) is 3. The Morgan fingerprint density at radius 1 is 1.31 bits per heavy atom. The van der Waals surface area contributed by atoms with E-state index in [9.17, 15) is 19.7 Å². The number of aromatic nitrogens is 1. The number of benzene rings is 1. The molecule has 0 saturated carbocycles. The van der Waals surface area contributed by atoms with Crippen LogP contribution in [0.5, 0.6) is 0 Å². The Morgan fingerprint density at radius 2 is 2.08 bits per heavy atom. The fraction of sp³-hybridized carbons (Fsp3) is 0.125. The SMILES string of the molecule is C/C(CC(=O)Nc1ccccn1)=N\NC(=O)c1ccc([N+](=O)[O-])c(Cl)c1. The second-order valence-corrected chi connectivity index (χ2v) is 5.56. The predicted octanol–water partition coefficient (Wildman–Crippen LogP) is 2.78. The number of nitro groups is 1. The van der Waals surface area contributed by atoms with Crippen molar-refractivity contribution in [2.45, 2.75) is 13.3 Å². The van der Waals surface area contributed by atoms with Crippen LogP contribution in [0.3, 0.4) is 0 Å². The highest BCUT2D eigenvalue weighted by atomic mass is 35.5. The largest absolute Gasteiger partial charge is 0.310 e. The Bertz CT molecular complexity index is 870. The van der Waals surface area contributed by atoms with Gasteiger partial charge in [0.1, 0.15) is 10.8 Å². The summed E-state index contributed by atoms with van der Waals surface area (Å²) in [6.07, 6.45) is 1.50. The highest BCUT2D eigenvalue weighted by Crippen LogP contribution is 2.24. The van der Waals surface area contributed by atoms with Crippen LogP contribution >= 0.6 is 11.6 Å². The van der Waals surface area contributed by atoms with E-state index in [1.807, 2.05) is 0 Å². The maximum Gasteiger partial charge on any atom is 0.287 e. The van der Waals surface area contributed by atoms with Crippen LogP contribution in [0.25, 0.3) is 0 Å². The van der Waals surface area contributed by atoms with E-state index in [1.54, 1.807) is 31.3 Å². The smallest absolute Gasteiger partial charge is 0.287 e. The van der Waals surface area contributed by atoms with E-state index in [-0.39, 0.29) is 28.6 Å². The van der Waals surface area contributed by atoms with Crippen LogP contribution in [0, 0.1) is 10.1 Å². The molecule has 2 N–H and O–H groups in total. The quantitative estimate of drug-likeness (QED) is 0.456. The maximum absolute atomic E-state index is 12.0. The molecule has 2 amide bonds. The molecular formula is C16H14ClN5O4. The van der Waals surface area contributed by atoms with E-state index in [0.29, 0.717) is 11.5 Å². The molecule has 2 aromatic rings. The third-order valence-electron chi connectivity index (χ3n) is 3.10. The van der Waals surface area contributed by atoms with Gasteiger partial charge in [-0.3, -0.25) is 19.7 Å². The van der Waals surface area contributed by atoms with E-state index in [2.05, 4.69) is 20.8 Å². The lowest BCUT2D eigenvalue weighted by molar-refractivity contribution is -0.384. The Labute approximate surface area is 153 Å². The molecule has 0 unspecified atom stereocenters. The number of nitro benzene ring substituents is 1. The second kappa shape index (κ2) is 8.67. The molecule has 0 bridgehead atoms. The molecule has 0 aliphatic heterocycles. The van der Waals surface area contributed by atoms with E-state index in [1.165, 1.54) is 12.1 Å². The standard InChI is InChI=1S/C16H14ClN5O4/c1-10(8-15(23)19-14-4-2-3-7-18-14)20-21-16(24)11-5-6-13(22(25)26)12(17)9-11/h2-7,9H,8H2,1H3,(H,21,24)(H,18,19,23)/b20-10+. The number of carbonyl (C=O) groups excluding carboxylic acids is 2. The Hall–Kier alpha value is -3.33. The lowest BCUT2D eigenvalue weighted by Crippen LogP contribution is -2.21. The number of amides is 2. The first-order chi connectivity index (χ1) is 12.4. The van der Waals surface area contributed by atoms with Crippen LogP contribution < -0.4 is 10.7 Å². The normalized spacial score (nSPS) is 10.9. The Morgan fingerprint density at radius 3 is 2.69 bits per heavy atom. The summed E-state index contributed by atoms with van der Waals surface area (Å²) in [4.78, 5) is 37.9. The number of halogens is 1. The molecule has 0 radical (unpaired) electrons. The average Bonchev–Trinajstić information content (AvgIpc) is 2.60. The molecule has 0 aliphatic carbocycles. The molecule has 9 nitrogen and oxygen atoms in total. The summed E-state index contributed by atoms with van der Waals surface area (Å²) in [7, 11) is 0. The van der Waals surface area contributed by atoms with E-state index >= 15 is 0 Å². The molecule has 1 heterocycles. The molecular weight excluding hydrogens is 362 g/mol. The molecule has 0 spiro atoms. The Kier molecular flexibility index (Phi) is 6.34. The molecule has 26 heavy (non-hydrogen) atoms. The van der Waals surface area contributed by atoms with Crippen molar-refractivity contribution < 1.29 is 14.5 Å². The summed E-state index contributed by atoms with van der Waals surface area (Å²) in [6.45, 7) is 1.57. The van der Waals surface area contributed by atoms with E-state index < -0.39 is 10.8 Å². The first-order valence-electron chi connectivity index (χ1n) is 7.35. The van der Waals surface area contributed by atoms with Gasteiger partial charge in [0.25, 0.3) is 11.6 Å². The molecule has 2 rings (SSSR count). The number of rotatable bonds is 6. The van der Waals surface area contributed by atoms with Crippen molar-refractivity contribution in [1.29, 1.82) is 0 Å². The maximum atomic E-state index is 12.0. The van der Waals surface area contributed by atoms with E-state index in [0.717, 1.165) is 6.07 Å². The highest BCUT2D eigenvalue weighted by Gasteiger charge is 2.15. The van der Waals surface area contributed by atoms with Crippen molar-refractivity contribution in [3.05, 3.63) is 63.3 Å². The average molecular weight is 376 g/mol. The van der Waals surface area contributed by atoms with Crippen molar-refractivity contribution in [2.75, 3.05) is 5.32 Å². The minimum absolute atomic E-state index is 0.0438. The predicted molar refractivity (Wildman–Crippen MR) is 96.2 cm³/mol. The zero-order valence-corrected chi connectivity index (χ0v) is 14.4. The summed E-state index contributed by atoms with van der Waals surface area (Å²) in [5.41, 5.74) is 2.44. The second-order valence-electron chi connectivity index (χ2n) is 5.15. The van der Waals surface area contributed by atoms with Gasteiger partial charge in [-0.1, -0.05) is 17.7 Å². The summed E-state index contributed by atoms with van der Waals surface area (Å²) in [5.74, 6) is -0.529. The number of pyridine rings is 1. The minimum Gasteiger partial charge on any atom is -0.310 e. The molecule has 0 atom stereocenters. The van der Waals surface area contributed by atoms with E-state index in [4.69, 9.17) is 11.6 Å². The molecule has 1 aromatic heterocycles. The number of hydrazone groups is 1. The van der Waals surface area contributed by atoms with Gasteiger partial charge in [0.15, 0.2) is 0 Å². The zero-order valence-electron chi connectivity index (χ0n) is 13.6. The molecule has 1 aromatic carbocycles. The van der Waals surface area contributed by atoms with Crippen LogP contribution in [-0.4, -0.2) is 27.4 Å². The third-order valence-corrected chi connectivity index (χ3v) is 3.41. The molecule has 134 valence electrons. The third kappa shape index (κ3) is 5.35. The number of hydrogen-bond donors (Lipinski definition) is 2. The lowest BCUT2D eigenvalue weighted by atomic mass is 10.2. The number of carbonyl (C=O) groups is 2. The van der Waals surface area contributed by atoms with Gasteiger partial charge in [-0.05, 0) is 31.2 Å². The van der Waals surface area contributed by atoms with Crippen molar-refractivity contribution in [3.63, 3.8) is 0 Å². The van der Waals surface area contributed by atoms with Gasteiger partial charge in [0, 0.05) is 23.5 Å². The number of anilines is 1. The fourth-order valence-electron chi connectivity index (χ4n) is 1.90. The molecule has 0 fully saturated rings. The van der Waals surface area contributed by atoms with Gasteiger partial charge in [-0.2, -0.15) is 5.10 Å². The zero-order chi connectivity index (χ0) is 19.1. The fourth-order valence-corrected chi connectivity index (χ4v) is 2.15. The highest BCUT2D eigenvalue weighted by molar-refractivity contribution is 6.33. The molecule has 0 saturated heterocycles. The van der Waals surface area contributed by atoms with Crippen LogP contribution in [0.1, 0.15) is 23.7 Å². The van der Waals surface area contributed by atoms with Gasteiger partial charge in [-0.25, -0.2) is 10.4 Å². The van der Waals surface area contributed by atoms with Gasteiger partial charge in [-0.15, -0.1) is 0 Å². The number of nitrogens with one attached hydrogen (secondary N) is 2. The Balaban J connectivity index is 1.93. The monoisotopic (exact) mass is 375 g/mol. The van der Waals surface area contributed by atoms with Gasteiger partial charge in [0.05, 0.1) is 11.3 Å². The van der Waals surface area contributed by atoms with Crippen LogP contribution in [0.4, 0.5) is 11.5 Å². The minimum atomic E-state index is -0.646. The van der Waals surface area contributed by atoms with Crippen molar-refractivity contribution in [1.82, 2.24) is 10.4 Å². The summed E-state index contributed by atoms with van der Waals surface area (Å²) >= 11 is 5.76. The lowest BCUT2D eigenvalue weighted by Gasteiger charge is -2.05. The summed E-state index contributed by atoms with van der Waals surface area (Å²) in [6, 6.07) is 8.67. The van der Waals surface area contributed by atoms with Crippen LogP contribution in [0.2, 0.25) is 5.02 Å². The van der Waals surface area contributed by atoms with Crippen LogP contribution in [0.15, 0.2) is 47.7 Å². The van der Waals surface area contributed by atoms with Gasteiger partial charge >= 0.3 is 0 Å². The first-order valence-corrected chi connectivity index (χ1v) is 7.73.